The van der Waals surface area contributed by atoms with Crippen LogP contribution in [0.1, 0.15) is 47.6 Å². The third-order valence-corrected chi connectivity index (χ3v) is 5.14. The van der Waals surface area contributed by atoms with Crippen LogP contribution in [0.5, 0.6) is 0 Å². The number of hydrogen-bond donors (Lipinski definition) is 1. The number of carbonyl (C=O) groups excluding carboxylic acids is 1. The van der Waals surface area contributed by atoms with Crippen LogP contribution in [0.15, 0.2) is 24.5 Å². The van der Waals surface area contributed by atoms with Gasteiger partial charge in [-0.25, -0.2) is 9.97 Å². The van der Waals surface area contributed by atoms with Gasteiger partial charge in [-0.1, -0.05) is 0 Å². The molecule has 1 saturated heterocycles. The summed E-state index contributed by atoms with van der Waals surface area (Å²) in [6.45, 7) is 4.78. The minimum Gasteiger partial charge on any atom is -0.356 e. The monoisotopic (exact) mass is 339 g/mol. The van der Waals surface area contributed by atoms with Crippen LogP contribution in [-0.4, -0.2) is 39.6 Å². The van der Waals surface area contributed by atoms with Gasteiger partial charge in [0, 0.05) is 44.5 Å². The van der Waals surface area contributed by atoms with Gasteiger partial charge in [-0.2, -0.15) is 0 Å². The molecule has 2 aromatic heterocycles. The number of nitrogens with zero attached hydrogens (tertiary/aromatic N) is 4. The van der Waals surface area contributed by atoms with Gasteiger partial charge in [0.05, 0.1) is 11.3 Å². The third-order valence-electron chi connectivity index (χ3n) is 5.14. The molecule has 0 bridgehead atoms. The Kier molecular flexibility index (Phi) is 4.42. The summed E-state index contributed by atoms with van der Waals surface area (Å²) >= 11 is 0. The Labute approximate surface area is 148 Å². The van der Waals surface area contributed by atoms with Crippen molar-refractivity contribution >= 4 is 11.7 Å². The van der Waals surface area contributed by atoms with Crippen LogP contribution < -0.4 is 10.2 Å². The Hall–Kier alpha value is -2.37. The zero-order chi connectivity index (χ0) is 17.2. The van der Waals surface area contributed by atoms with E-state index in [2.05, 4.69) is 30.9 Å². The van der Waals surface area contributed by atoms with E-state index in [1.54, 1.807) is 6.20 Å². The van der Waals surface area contributed by atoms with Crippen molar-refractivity contribution in [1.82, 2.24) is 19.9 Å². The van der Waals surface area contributed by atoms with Gasteiger partial charge in [0.15, 0.2) is 0 Å². The molecule has 4 heterocycles. The van der Waals surface area contributed by atoms with Crippen molar-refractivity contribution < 1.29 is 4.79 Å². The number of nitrogens with one attached hydrogen (secondary N) is 1. The second-order valence-electron chi connectivity index (χ2n) is 7.08. The molecule has 1 fully saturated rings. The van der Waals surface area contributed by atoms with Gasteiger partial charge in [0.25, 0.3) is 5.91 Å². The van der Waals surface area contributed by atoms with Crippen molar-refractivity contribution in [3.63, 3.8) is 0 Å². The van der Waals surface area contributed by atoms with Gasteiger partial charge < -0.3 is 14.8 Å². The van der Waals surface area contributed by atoms with Gasteiger partial charge >= 0.3 is 0 Å². The summed E-state index contributed by atoms with van der Waals surface area (Å²) in [4.78, 5) is 24.2. The number of amides is 1. The molecule has 1 N–H and O–H groups in total. The van der Waals surface area contributed by atoms with Crippen molar-refractivity contribution in [2.24, 2.45) is 0 Å². The largest absolute Gasteiger partial charge is 0.356 e. The molecule has 0 radical (unpaired) electrons. The molecule has 2 aliphatic rings. The summed E-state index contributed by atoms with van der Waals surface area (Å²) in [5.41, 5.74) is 1.73. The highest BCUT2D eigenvalue weighted by molar-refractivity contribution is 5.99. The number of aryl methyl sites for hydroxylation is 2. The van der Waals surface area contributed by atoms with Crippen molar-refractivity contribution in [2.45, 2.75) is 51.6 Å². The van der Waals surface area contributed by atoms with E-state index in [0.29, 0.717) is 5.56 Å². The Balaban J connectivity index is 1.48. The maximum Gasteiger partial charge on any atom is 0.255 e. The third kappa shape index (κ3) is 3.38. The quantitative estimate of drug-likeness (QED) is 0.932. The van der Waals surface area contributed by atoms with Gasteiger partial charge in [0.2, 0.25) is 0 Å². The highest BCUT2D eigenvalue weighted by Gasteiger charge is 2.24. The molecule has 2 aliphatic heterocycles. The number of anilines is 1. The lowest BCUT2D eigenvalue weighted by atomic mass is 10.1. The van der Waals surface area contributed by atoms with E-state index in [4.69, 9.17) is 0 Å². The molecular weight excluding hydrogens is 314 g/mol. The fourth-order valence-corrected chi connectivity index (χ4v) is 3.90. The van der Waals surface area contributed by atoms with Crippen LogP contribution in [0, 0.1) is 6.92 Å². The maximum absolute atomic E-state index is 12.9. The van der Waals surface area contributed by atoms with Gasteiger partial charge in [-0.15, -0.1) is 0 Å². The number of piperidine rings is 1. The van der Waals surface area contributed by atoms with E-state index >= 15 is 0 Å². The van der Waals surface area contributed by atoms with Crippen LogP contribution in [0.2, 0.25) is 0 Å². The smallest absolute Gasteiger partial charge is 0.255 e. The molecule has 0 spiro atoms. The number of imidazole rings is 1. The van der Waals surface area contributed by atoms with Gasteiger partial charge in [-0.05, 0) is 44.7 Å². The Morgan fingerprint density at radius 2 is 2.12 bits per heavy atom. The fraction of sp³-hybridized carbons (Fsp3) is 0.526. The molecule has 25 heavy (non-hydrogen) atoms. The molecule has 1 unspecified atom stereocenters. The Morgan fingerprint density at radius 1 is 1.28 bits per heavy atom. The summed E-state index contributed by atoms with van der Waals surface area (Å²) in [6, 6.07) is 3.88. The molecule has 132 valence electrons. The fourth-order valence-electron chi connectivity index (χ4n) is 3.90. The standard InChI is InChI=1S/C19H25N5O/c1-14-12-24-13-15(7-8-17(24)21-14)22-19(25)16-6-5-9-20-18(16)23-10-3-2-4-11-23/h5-6,9,12,15H,2-4,7-8,10-11,13H2,1H3,(H,22,25). The van der Waals surface area contributed by atoms with Crippen molar-refractivity contribution in [3.8, 4) is 0 Å². The molecule has 4 rings (SSSR count). The average molecular weight is 339 g/mol. The molecule has 0 aliphatic carbocycles. The first kappa shape index (κ1) is 16.1. The lowest BCUT2D eigenvalue weighted by molar-refractivity contribution is 0.0927. The number of hydrogen-bond acceptors (Lipinski definition) is 4. The minimum absolute atomic E-state index is 0.0149. The second kappa shape index (κ2) is 6.86. The normalized spacial score (nSPS) is 20.2. The molecule has 1 amide bonds. The number of fused-ring (bicyclic) bond motifs is 1. The summed E-state index contributed by atoms with van der Waals surface area (Å²) in [6.07, 6.45) is 9.29. The first-order chi connectivity index (χ1) is 12.2. The summed E-state index contributed by atoms with van der Waals surface area (Å²) in [7, 11) is 0. The maximum atomic E-state index is 12.9. The van der Waals surface area contributed by atoms with Crippen LogP contribution in [0.4, 0.5) is 5.82 Å². The van der Waals surface area contributed by atoms with E-state index in [1.807, 2.05) is 19.1 Å². The van der Waals surface area contributed by atoms with Crippen LogP contribution in [0.3, 0.4) is 0 Å². The molecule has 0 saturated carbocycles. The molecule has 6 heteroatoms. The van der Waals surface area contributed by atoms with E-state index in [1.165, 1.54) is 19.3 Å². The summed E-state index contributed by atoms with van der Waals surface area (Å²) < 4.78 is 2.17. The van der Waals surface area contributed by atoms with E-state index in [-0.39, 0.29) is 11.9 Å². The molecule has 6 nitrogen and oxygen atoms in total. The lowest BCUT2D eigenvalue weighted by Crippen LogP contribution is -2.42. The number of carbonyl (C=O) groups is 1. The van der Waals surface area contributed by atoms with Gasteiger partial charge in [-0.3, -0.25) is 4.79 Å². The van der Waals surface area contributed by atoms with Crippen molar-refractivity contribution in [3.05, 3.63) is 41.6 Å². The lowest BCUT2D eigenvalue weighted by Gasteiger charge is -2.30. The zero-order valence-electron chi connectivity index (χ0n) is 14.7. The predicted molar refractivity (Wildman–Crippen MR) is 96.8 cm³/mol. The van der Waals surface area contributed by atoms with Crippen molar-refractivity contribution in [1.29, 1.82) is 0 Å². The van der Waals surface area contributed by atoms with E-state index in [9.17, 15) is 4.79 Å². The predicted octanol–water partition coefficient (Wildman–Crippen LogP) is 2.32. The molecule has 1 atom stereocenters. The Morgan fingerprint density at radius 3 is 2.96 bits per heavy atom. The van der Waals surface area contributed by atoms with E-state index < -0.39 is 0 Å². The van der Waals surface area contributed by atoms with Crippen LogP contribution in [-0.2, 0) is 13.0 Å². The number of rotatable bonds is 3. The summed E-state index contributed by atoms with van der Waals surface area (Å²) in [5.74, 6) is 1.94. The summed E-state index contributed by atoms with van der Waals surface area (Å²) in [5, 5.41) is 3.21. The van der Waals surface area contributed by atoms with E-state index in [0.717, 1.165) is 49.8 Å². The van der Waals surface area contributed by atoms with Gasteiger partial charge in [0.1, 0.15) is 11.6 Å². The molecule has 2 aromatic rings. The first-order valence-corrected chi connectivity index (χ1v) is 9.24. The van der Waals surface area contributed by atoms with Crippen molar-refractivity contribution in [2.75, 3.05) is 18.0 Å². The first-order valence-electron chi connectivity index (χ1n) is 9.24. The zero-order valence-corrected chi connectivity index (χ0v) is 14.7. The van der Waals surface area contributed by atoms with Crippen LogP contribution >= 0.6 is 0 Å². The average Bonchev–Trinajstić information content (AvgIpc) is 3.02. The highest BCUT2D eigenvalue weighted by atomic mass is 16.1. The second-order valence-corrected chi connectivity index (χ2v) is 7.08. The highest BCUT2D eigenvalue weighted by Crippen LogP contribution is 2.22. The number of aromatic nitrogens is 3. The molecular formula is C19H25N5O. The molecule has 0 aromatic carbocycles. The Bertz CT molecular complexity index is 763. The van der Waals surface area contributed by atoms with Crippen LogP contribution in [0.25, 0.3) is 0 Å². The SMILES string of the molecule is Cc1cn2c(n1)CCC(NC(=O)c1cccnc1N1CCCCC1)C2. The topological polar surface area (TPSA) is 63.1 Å². The minimum atomic E-state index is -0.0149. The number of pyridine rings is 1.